The largest absolute Gasteiger partial charge is 0.326 e. The van der Waals surface area contributed by atoms with E-state index in [4.69, 9.17) is 0 Å². The molecular formula is C37H50N6O6. The maximum atomic E-state index is 12.4. The summed E-state index contributed by atoms with van der Waals surface area (Å²) in [5.41, 5.74) is 11.7. The van der Waals surface area contributed by atoms with Crippen LogP contribution in [0.4, 0.5) is 11.4 Å². The number of amides is 6. The fraction of sp³-hybridized carbons (Fsp3) is 0.514. The van der Waals surface area contributed by atoms with Crippen LogP contribution in [-0.4, -0.2) is 35.4 Å². The summed E-state index contributed by atoms with van der Waals surface area (Å²) in [6.07, 6.45) is 14.6. The Morgan fingerprint density at radius 1 is 0.449 bits per heavy atom. The Bertz CT molecular complexity index is 1310. The number of rotatable bonds is 14. The van der Waals surface area contributed by atoms with Crippen LogP contribution in [0.3, 0.4) is 0 Å². The Hall–Kier alpha value is -4.74. The minimum atomic E-state index is -0.444. The molecule has 12 heteroatoms. The Morgan fingerprint density at radius 3 is 1.16 bits per heavy atom. The molecule has 0 radical (unpaired) electrons. The molecule has 0 aromatic heterocycles. The van der Waals surface area contributed by atoms with E-state index in [9.17, 15) is 28.8 Å². The van der Waals surface area contributed by atoms with Crippen molar-refractivity contribution in [2.24, 2.45) is 11.8 Å². The third-order valence-corrected chi connectivity index (χ3v) is 9.22. The zero-order valence-electron chi connectivity index (χ0n) is 28.2. The van der Waals surface area contributed by atoms with Crippen LogP contribution in [0.2, 0.25) is 0 Å². The number of hydrazine groups is 2. The third-order valence-electron chi connectivity index (χ3n) is 9.22. The van der Waals surface area contributed by atoms with Crippen LogP contribution < -0.4 is 32.3 Å². The smallest absolute Gasteiger partial charge is 0.269 e. The van der Waals surface area contributed by atoms with E-state index >= 15 is 0 Å². The van der Waals surface area contributed by atoms with E-state index in [2.05, 4.69) is 32.3 Å². The maximum absolute atomic E-state index is 12.4. The van der Waals surface area contributed by atoms with Crippen LogP contribution in [-0.2, 0) is 19.2 Å². The summed E-state index contributed by atoms with van der Waals surface area (Å²) in [7, 11) is 0. The van der Waals surface area contributed by atoms with Gasteiger partial charge in [-0.15, -0.1) is 0 Å². The number of hydrogen-bond donors (Lipinski definition) is 6. The fourth-order valence-electron chi connectivity index (χ4n) is 6.25. The second-order valence-electron chi connectivity index (χ2n) is 13.1. The molecule has 12 nitrogen and oxygen atoms in total. The highest BCUT2D eigenvalue weighted by molar-refractivity contribution is 5.98. The lowest BCUT2D eigenvalue weighted by molar-refractivity contribution is -0.122. The van der Waals surface area contributed by atoms with Gasteiger partial charge in [0.25, 0.3) is 11.8 Å². The topological polar surface area (TPSA) is 175 Å². The number of unbranched alkanes of at least 4 members (excludes halogenated alkanes) is 4. The van der Waals surface area contributed by atoms with Gasteiger partial charge in [-0.05, 0) is 87.1 Å². The predicted molar refractivity (Wildman–Crippen MR) is 187 cm³/mol. The van der Waals surface area contributed by atoms with E-state index in [1.165, 1.54) is 12.8 Å². The average molecular weight is 675 g/mol. The van der Waals surface area contributed by atoms with Crippen molar-refractivity contribution in [2.75, 3.05) is 10.6 Å². The van der Waals surface area contributed by atoms with Gasteiger partial charge in [-0.2, -0.15) is 0 Å². The molecule has 264 valence electrons. The summed E-state index contributed by atoms with van der Waals surface area (Å²) in [6, 6.07) is 13.1. The molecule has 49 heavy (non-hydrogen) atoms. The summed E-state index contributed by atoms with van der Waals surface area (Å²) >= 11 is 0. The van der Waals surface area contributed by atoms with Crippen LogP contribution in [0.5, 0.6) is 0 Å². The van der Waals surface area contributed by atoms with E-state index in [0.29, 0.717) is 35.3 Å². The lowest BCUT2D eigenvalue weighted by atomic mass is 9.88. The van der Waals surface area contributed by atoms with Crippen LogP contribution in [0, 0.1) is 11.8 Å². The predicted octanol–water partition coefficient (Wildman–Crippen LogP) is 5.68. The first-order chi connectivity index (χ1) is 23.8. The molecule has 2 aliphatic rings. The SMILES string of the molecule is O=C(CCCCCCCC(=O)NNC(=O)c1ccc(NC(=O)C2CCCCC2)cc1)NNC(=O)c1ccc(NC(=O)C2CCCCC2)cc1. The van der Waals surface area contributed by atoms with Gasteiger partial charge in [-0.25, -0.2) is 0 Å². The van der Waals surface area contributed by atoms with Crippen molar-refractivity contribution < 1.29 is 28.8 Å². The molecule has 4 rings (SSSR count). The molecule has 0 heterocycles. The summed E-state index contributed by atoms with van der Waals surface area (Å²) in [5.74, 6) is -1.34. The lowest BCUT2D eigenvalue weighted by Gasteiger charge is -2.20. The quantitative estimate of drug-likeness (QED) is 0.111. The number of nitrogens with one attached hydrogen (secondary N) is 6. The molecule has 6 amide bonds. The second-order valence-corrected chi connectivity index (χ2v) is 13.1. The van der Waals surface area contributed by atoms with Gasteiger partial charge >= 0.3 is 0 Å². The molecule has 2 fully saturated rings. The molecule has 0 unspecified atom stereocenters. The van der Waals surface area contributed by atoms with E-state index in [0.717, 1.165) is 70.6 Å². The van der Waals surface area contributed by atoms with Gasteiger partial charge in [-0.3, -0.25) is 50.5 Å². The molecule has 2 aromatic rings. The molecule has 0 aliphatic heterocycles. The standard InChI is InChI=1S/C37H50N6O6/c44-32(40-42-36(48)28-18-22-30(23-19-28)38-34(46)26-12-6-4-7-13-26)16-10-2-1-3-11-17-33(45)41-43-37(49)29-20-24-31(25-21-29)39-35(47)27-14-8-5-9-15-27/h18-27H,1-17H2,(H,38,46)(H,39,47)(H,40,44)(H,41,45)(H,42,48)(H,43,49). The highest BCUT2D eigenvalue weighted by atomic mass is 16.2. The molecular weight excluding hydrogens is 624 g/mol. The summed E-state index contributed by atoms with van der Waals surface area (Å²) in [6.45, 7) is 0. The van der Waals surface area contributed by atoms with Crippen molar-refractivity contribution in [3.05, 3.63) is 59.7 Å². The number of hydrogen-bond acceptors (Lipinski definition) is 6. The number of carbonyl (C=O) groups excluding carboxylic acids is 6. The highest BCUT2D eigenvalue weighted by Gasteiger charge is 2.22. The minimum Gasteiger partial charge on any atom is -0.326 e. The van der Waals surface area contributed by atoms with Gasteiger partial charge in [0.05, 0.1) is 0 Å². The van der Waals surface area contributed by atoms with Crippen molar-refractivity contribution in [3.8, 4) is 0 Å². The number of benzene rings is 2. The van der Waals surface area contributed by atoms with Crippen molar-refractivity contribution in [2.45, 2.75) is 109 Å². The molecule has 0 bridgehead atoms. The summed E-state index contributed by atoms with van der Waals surface area (Å²) in [5, 5.41) is 5.84. The van der Waals surface area contributed by atoms with Crippen LogP contribution in [0.25, 0.3) is 0 Å². The zero-order valence-corrected chi connectivity index (χ0v) is 28.2. The van der Waals surface area contributed by atoms with E-state index in [1.807, 2.05) is 0 Å². The zero-order chi connectivity index (χ0) is 34.8. The van der Waals surface area contributed by atoms with E-state index in [-0.39, 0.29) is 48.3 Å². The Morgan fingerprint density at radius 2 is 0.796 bits per heavy atom. The van der Waals surface area contributed by atoms with Crippen molar-refractivity contribution in [1.29, 1.82) is 0 Å². The number of carbonyl (C=O) groups is 6. The van der Waals surface area contributed by atoms with Gasteiger partial charge in [0.2, 0.25) is 23.6 Å². The molecule has 2 aliphatic carbocycles. The average Bonchev–Trinajstić information content (AvgIpc) is 3.13. The van der Waals surface area contributed by atoms with Gasteiger partial charge < -0.3 is 10.6 Å². The molecule has 6 N–H and O–H groups in total. The normalized spacial score (nSPS) is 15.0. The van der Waals surface area contributed by atoms with Crippen LogP contribution in [0.15, 0.2) is 48.5 Å². The Kier molecular flexibility index (Phi) is 15.1. The molecule has 0 atom stereocenters. The first-order valence-corrected chi connectivity index (χ1v) is 17.8. The van der Waals surface area contributed by atoms with Gasteiger partial charge in [0.1, 0.15) is 0 Å². The van der Waals surface area contributed by atoms with Crippen LogP contribution >= 0.6 is 0 Å². The highest BCUT2D eigenvalue weighted by Crippen LogP contribution is 2.26. The molecule has 2 aromatic carbocycles. The molecule has 0 spiro atoms. The summed E-state index contributed by atoms with van der Waals surface area (Å²) in [4.78, 5) is 73.9. The van der Waals surface area contributed by atoms with Gasteiger partial charge in [-0.1, -0.05) is 57.8 Å². The van der Waals surface area contributed by atoms with Crippen molar-refractivity contribution >= 4 is 46.8 Å². The monoisotopic (exact) mass is 674 g/mol. The van der Waals surface area contributed by atoms with E-state index in [1.54, 1.807) is 48.5 Å². The Labute approximate surface area is 288 Å². The van der Waals surface area contributed by atoms with Crippen molar-refractivity contribution in [3.63, 3.8) is 0 Å². The summed E-state index contributed by atoms with van der Waals surface area (Å²) < 4.78 is 0. The molecule has 2 saturated carbocycles. The fourth-order valence-corrected chi connectivity index (χ4v) is 6.25. The van der Waals surface area contributed by atoms with Gasteiger partial charge in [0, 0.05) is 47.2 Å². The lowest BCUT2D eigenvalue weighted by Crippen LogP contribution is -2.41. The van der Waals surface area contributed by atoms with E-state index < -0.39 is 11.8 Å². The van der Waals surface area contributed by atoms with Crippen LogP contribution in [0.1, 0.15) is 130 Å². The third kappa shape index (κ3) is 13.0. The Balaban J connectivity index is 0.996. The first kappa shape index (κ1) is 37.1. The van der Waals surface area contributed by atoms with Crippen molar-refractivity contribution in [1.82, 2.24) is 21.7 Å². The minimum absolute atomic E-state index is 0.0209. The first-order valence-electron chi connectivity index (χ1n) is 17.8. The second kappa shape index (κ2) is 19.9. The maximum Gasteiger partial charge on any atom is 0.269 e. The number of anilines is 2. The molecule has 0 saturated heterocycles. The van der Waals surface area contributed by atoms with Gasteiger partial charge in [0.15, 0.2) is 0 Å².